The zero-order valence-electron chi connectivity index (χ0n) is 11.5. The van der Waals surface area contributed by atoms with Gasteiger partial charge >= 0.3 is 0 Å². The van der Waals surface area contributed by atoms with Gasteiger partial charge in [0.25, 0.3) is 0 Å². The molecule has 20 heavy (non-hydrogen) atoms. The summed E-state index contributed by atoms with van der Waals surface area (Å²) in [7, 11) is 1.90. The van der Waals surface area contributed by atoms with Crippen LogP contribution in [0.5, 0.6) is 0 Å². The Morgan fingerprint density at radius 2 is 2.45 bits per heavy atom. The first-order valence-electron chi connectivity index (χ1n) is 6.57. The third-order valence-corrected chi connectivity index (χ3v) is 3.50. The molecule has 0 aromatic carbocycles. The molecule has 2 atom stereocenters. The highest BCUT2D eigenvalue weighted by Gasteiger charge is 2.37. The summed E-state index contributed by atoms with van der Waals surface area (Å²) in [5.41, 5.74) is 0.906. The van der Waals surface area contributed by atoms with Gasteiger partial charge in [0.1, 0.15) is 11.9 Å². The van der Waals surface area contributed by atoms with Crippen molar-refractivity contribution in [3.05, 3.63) is 30.0 Å². The summed E-state index contributed by atoms with van der Waals surface area (Å²) >= 11 is 0. The molecule has 0 saturated carbocycles. The van der Waals surface area contributed by atoms with Crippen LogP contribution in [0.15, 0.2) is 18.5 Å². The van der Waals surface area contributed by atoms with Crippen LogP contribution in [0.1, 0.15) is 24.0 Å². The zero-order valence-corrected chi connectivity index (χ0v) is 11.5. The summed E-state index contributed by atoms with van der Waals surface area (Å²) in [5.74, 6) is 0.994. The monoisotopic (exact) mass is 275 g/mol. The van der Waals surface area contributed by atoms with Gasteiger partial charge in [-0.25, -0.2) is 4.98 Å². The predicted molar refractivity (Wildman–Crippen MR) is 72.0 cm³/mol. The first-order valence-corrected chi connectivity index (χ1v) is 6.57. The van der Waals surface area contributed by atoms with E-state index >= 15 is 0 Å². The summed E-state index contributed by atoms with van der Waals surface area (Å²) in [4.78, 5) is 16.6. The Morgan fingerprint density at radius 1 is 1.60 bits per heavy atom. The van der Waals surface area contributed by atoms with Gasteiger partial charge in [-0.1, -0.05) is 0 Å². The number of anilines is 1. The fourth-order valence-corrected chi connectivity index (χ4v) is 2.46. The third-order valence-electron chi connectivity index (χ3n) is 3.50. The van der Waals surface area contributed by atoms with E-state index in [0.717, 1.165) is 11.5 Å². The van der Waals surface area contributed by atoms with Crippen molar-refractivity contribution in [1.82, 2.24) is 19.7 Å². The molecule has 0 unspecified atom stereocenters. The molecule has 2 N–H and O–H groups in total. The van der Waals surface area contributed by atoms with E-state index in [-0.39, 0.29) is 17.9 Å². The number of H-pyrrole nitrogens is 1. The zero-order chi connectivity index (χ0) is 14.1. The largest absolute Gasteiger partial charge is 0.369 e. The van der Waals surface area contributed by atoms with Crippen LogP contribution in [0, 0.1) is 12.8 Å². The third kappa shape index (κ3) is 2.32. The normalized spacial score (nSPS) is 22.1. The Labute approximate surface area is 116 Å². The number of carbonyl (C=O) groups excluding carboxylic acids is 1. The minimum atomic E-state index is -0.296. The van der Waals surface area contributed by atoms with Crippen LogP contribution >= 0.6 is 0 Å². The number of carbonyl (C=O) groups is 1. The lowest BCUT2D eigenvalue weighted by atomic mass is 10.00. The smallest absolute Gasteiger partial charge is 0.231 e. The number of imidazole rings is 1. The van der Waals surface area contributed by atoms with E-state index in [0.29, 0.717) is 18.8 Å². The molecule has 1 aliphatic heterocycles. The summed E-state index contributed by atoms with van der Waals surface area (Å²) in [6, 6.07) is 1.80. The van der Waals surface area contributed by atoms with Gasteiger partial charge in [0.05, 0.1) is 5.92 Å². The van der Waals surface area contributed by atoms with Crippen LogP contribution < -0.4 is 5.32 Å². The predicted octanol–water partition coefficient (Wildman–Crippen LogP) is 1.17. The molecule has 106 valence electrons. The second-order valence-electron chi connectivity index (χ2n) is 5.01. The number of aryl methyl sites for hydroxylation is 2. The van der Waals surface area contributed by atoms with Gasteiger partial charge < -0.3 is 14.6 Å². The van der Waals surface area contributed by atoms with Gasteiger partial charge in [0, 0.05) is 37.8 Å². The van der Waals surface area contributed by atoms with Gasteiger partial charge in [-0.2, -0.15) is 5.10 Å². The fourth-order valence-electron chi connectivity index (χ4n) is 2.46. The molecular weight excluding hydrogens is 258 g/mol. The lowest BCUT2D eigenvalue weighted by Crippen LogP contribution is -2.26. The number of aromatic nitrogens is 4. The summed E-state index contributed by atoms with van der Waals surface area (Å²) < 4.78 is 7.57. The van der Waals surface area contributed by atoms with Crippen LogP contribution in [0.4, 0.5) is 5.82 Å². The molecule has 7 heteroatoms. The number of ether oxygens (including phenoxy) is 1. The van der Waals surface area contributed by atoms with Crippen molar-refractivity contribution in [2.24, 2.45) is 13.0 Å². The number of nitrogens with zero attached hydrogens (tertiary/aromatic N) is 3. The molecule has 0 aliphatic carbocycles. The van der Waals surface area contributed by atoms with E-state index in [9.17, 15) is 4.79 Å². The average Bonchev–Trinajstić information content (AvgIpc) is 3.10. The molecule has 3 heterocycles. The highest BCUT2D eigenvalue weighted by atomic mass is 16.5. The van der Waals surface area contributed by atoms with E-state index in [4.69, 9.17) is 4.74 Å². The van der Waals surface area contributed by atoms with Crippen molar-refractivity contribution in [1.29, 1.82) is 0 Å². The lowest BCUT2D eigenvalue weighted by molar-refractivity contribution is -0.121. The molecule has 2 aromatic rings. The maximum absolute atomic E-state index is 12.4. The summed E-state index contributed by atoms with van der Waals surface area (Å²) in [5, 5.41) is 9.63. The van der Waals surface area contributed by atoms with Gasteiger partial charge in [0.2, 0.25) is 5.91 Å². The van der Waals surface area contributed by atoms with Crippen molar-refractivity contribution in [2.75, 3.05) is 11.9 Å². The Balaban J connectivity index is 1.75. The van der Waals surface area contributed by atoms with Crippen molar-refractivity contribution in [3.8, 4) is 0 Å². The number of rotatable bonds is 3. The number of hydrogen-bond acceptors (Lipinski definition) is 4. The molecule has 0 spiro atoms. The first-order chi connectivity index (χ1) is 9.65. The highest BCUT2D eigenvalue weighted by molar-refractivity contribution is 5.92. The van der Waals surface area contributed by atoms with Gasteiger partial charge in [-0.05, 0) is 13.3 Å². The molecule has 7 nitrogen and oxygen atoms in total. The molecule has 1 fully saturated rings. The maximum atomic E-state index is 12.4. The summed E-state index contributed by atoms with van der Waals surface area (Å²) in [6.45, 7) is 2.45. The molecule has 2 aromatic heterocycles. The Kier molecular flexibility index (Phi) is 3.27. The molecule has 1 saturated heterocycles. The Hall–Kier alpha value is -2.15. The maximum Gasteiger partial charge on any atom is 0.231 e. The van der Waals surface area contributed by atoms with E-state index < -0.39 is 0 Å². The first kappa shape index (κ1) is 12.9. The average molecular weight is 275 g/mol. The van der Waals surface area contributed by atoms with Gasteiger partial charge in [-0.15, -0.1) is 0 Å². The van der Waals surface area contributed by atoms with Crippen LogP contribution in [0.2, 0.25) is 0 Å². The van der Waals surface area contributed by atoms with Gasteiger partial charge in [0.15, 0.2) is 5.82 Å². The molecular formula is C13H17N5O2. The van der Waals surface area contributed by atoms with E-state index in [2.05, 4.69) is 20.5 Å². The number of aromatic amines is 1. The van der Waals surface area contributed by atoms with E-state index in [1.165, 1.54) is 0 Å². The van der Waals surface area contributed by atoms with Gasteiger partial charge in [-0.3, -0.25) is 9.89 Å². The van der Waals surface area contributed by atoms with Crippen molar-refractivity contribution in [2.45, 2.75) is 19.4 Å². The second kappa shape index (κ2) is 5.09. The number of hydrogen-bond donors (Lipinski definition) is 2. The van der Waals surface area contributed by atoms with Crippen LogP contribution in [-0.2, 0) is 16.6 Å². The molecule has 3 rings (SSSR count). The Morgan fingerprint density at radius 3 is 3.10 bits per heavy atom. The fraction of sp³-hybridized carbons (Fsp3) is 0.462. The van der Waals surface area contributed by atoms with Crippen molar-refractivity contribution < 1.29 is 9.53 Å². The quantitative estimate of drug-likeness (QED) is 0.880. The number of nitrogens with one attached hydrogen (secondary N) is 2. The molecule has 0 radical (unpaired) electrons. The van der Waals surface area contributed by atoms with Crippen molar-refractivity contribution >= 4 is 11.7 Å². The van der Waals surface area contributed by atoms with E-state index in [1.807, 2.05) is 24.7 Å². The van der Waals surface area contributed by atoms with Crippen LogP contribution in [0.25, 0.3) is 0 Å². The minimum absolute atomic E-state index is 0.0815. The number of amides is 1. The van der Waals surface area contributed by atoms with Crippen LogP contribution in [-0.4, -0.2) is 32.3 Å². The van der Waals surface area contributed by atoms with E-state index in [1.54, 1.807) is 12.3 Å². The highest BCUT2D eigenvalue weighted by Crippen LogP contribution is 2.34. The lowest BCUT2D eigenvalue weighted by Gasteiger charge is -2.17. The topological polar surface area (TPSA) is 84.8 Å². The Bertz CT molecular complexity index is 618. The second-order valence-corrected chi connectivity index (χ2v) is 5.01. The SMILES string of the molecule is Cc1cc(NC(=O)[C@@H]2CCO[C@H]2c2nccn2C)n[nH]1. The molecule has 1 aliphatic rings. The van der Waals surface area contributed by atoms with Crippen LogP contribution in [0.3, 0.4) is 0 Å². The summed E-state index contributed by atoms with van der Waals surface area (Å²) in [6.07, 6.45) is 3.95. The standard InChI is InChI=1S/C13H17N5O2/c1-8-7-10(17-16-8)15-13(19)9-3-6-20-11(9)12-14-4-5-18(12)2/h4-5,7,9,11H,3,6H2,1-2H3,(H2,15,16,17,19)/t9-,11-/m1/s1. The minimum Gasteiger partial charge on any atom is -0.369 e. The molecule has 1 amide bonds. The molecule has 0 bridgehead atoms. The van der Waals surface area contributed by atoms with Crippen molar-refractivity contribution in [3.63, 3.8) is 0 Å².